The van der Waals surface area contributed by atoms with Crippen LogP contribution in [0, 0.1) is 18.3 Å². The smallest absolute Gasteiger partial charge is 0.321 e. The summed E-state index contributed by atoms with van der Waals surface area (Å²) in [6.07, 6.45) is -0.956. The first kappa shape index (κ1) is 31.9. The van der Waals surface area contributed by atoms with Crippen LogP contribution in [0.2, 0.25) is 0 Å². The number of hydrogen-bond acceptors (Lipinski definition) is 6. The van der Waals surface area contributed by atoms with E-state index in [-0.39, 0.29) is 19.8 Å². The molecule has 1 aromatic heterocycles. The van der Waals surface area contributed by atoms with Gasteiger partial charge in [-0.15, -0.1) is 11.3 Å². The summed E-state index contributed by atoms with van der Waals surface area (Å²) in [6.45, 7) is 2.60. The van der Waals surface area contributed by atoms with Crippen LogP contribution in [-0.4, -0.2) is 36.3 Å². The van der Waals surface area contributed by atoms with Gasteiger partial charge >= 0.3 is 6.18 Å². The number of nitrogens with zero attached hydrogens (tertiary/aromatic N) is 3. The van der Waals surface area contributed by atoms with Gasteiger partial charge in [-0.2, -0.15) is 22.7 Å². The molecular weight excluding hydrogens is 626 g/mol. The first-order chi connectivity index (χ1) is 21.4. The van der Waals surface area contributed by atoms with Gasteiger partial charge in [-0.05, 0) is 61.7 Å². The maximum absolute atomic E-state index is 14.1. The van der Waals surface area contributed by atoms with Crippen LogP contribution in [0.1, 0.15) is 36.0 Å². The lowest BCUT2D eigenvalue weighted by molar-refractivity contribution is -0.137. The van der Waals surface area contributed by atoms with Crippen LogP contribution in [0.4, 0.5) is 18.9 Å². The normalized spacial score (nSPS) is 15.4. The molecule has 0 saturated carbocycles. The Labute approximate surface area is 261 Å². The molecule has 2 heterocycles. The Balaban J connectivity index is 1.66. The third-order valence-corrected chi connectivity index (χ3v) is 10.2. The van der Waals surface area contributed by atoms with Gasteiger partial charge in [0, 0.05) is 18.8 Å². The van der Waals surface area contributed by atoms with Crippen molar-refractivity contribution < 1.29 is 26.4 Å². The molecule has 1 amide bonds. The van der Waals surface area contributed by atoms with Crippen LogP contribution in [0.5, 0.6) is 0 Å². The van der Waals surface area contributed by atoms with Crippen LogP contribution >= 0.6 is 11.3 Å². The SMILES string of the molecule is Cc1cccc(/C=c2\s/c(=C(/C#N)C(=O)Nc3cccc(S(=O)(=O)N4CCCCC4)c3)n(-c3ccccc3C(F)(F)F)c2=O)c1. The third kappa shape index (κ3) is 6.78. The van der Waals surface area contributed by atoms with E-state index in [9.17, 15) is 36.4 Å². The lowest BCUT2D eigenvalue weighted by Crippen LogP contribution is -2.35. The van der Waals surface area contributed by atoms with Crippen LogP contribution in [-0.2, 0) is 21.0 Å². The molecule has 232 valence electrons. The van der Waals surface area contributed by atoms with Crippen molar-refractivity contribution in [2.75, 3.05) is 18.4 Å². The van der Waals surface area contributed by atoms with Crippen molar-refractivity contribution in [3.05, 3.63) is 109 Å². The highest BCUT2D eigenvalue weighted by Crippen LogP contribution is 2.33. The van der Waals surface area contributed by atoms with Gasteiger partial charge in [0.2, 0.25) is 10.0 Å². The molecule has 0 aliphatic carbocycles. The van der Waals surface area contributed by atoms with Crippen LogP contribution in [0.15, 0.2) is 82.5 Å². The maximum atomic E-state index is 14.1. The molecule has 0 unspecified atom stereocenters. The number of aromatic nitrogens is 1. The third-order valence-electron chi connectivity index (χ3n) is 7.21. The fraction of sp³-hybridized carbons (Fsp3) is 0.219. The number of aryl methyl sites for hydroxylation is 1. The number of halogens is 3. The van der Waals surface area contributed by atoms with E-state index in [2.05, 4.69) is 5.32 Å². The fourth-order valence-electron chi connectivity index (χ4n) is 5.07. The van der Waals surface area contributed by atoms with Crippen molar-refractivity contribution in [2.45, 2.75) is 37.3 Å². The Kier molecular flexibility index (Phi) is 9.11. The fourth-order valence-corrected chi connectivity index (χ4v) is 7.72. The van der Waals surface area contributed by atoms with E-state index in [0.717, 1.165) is 41.5 Å². The Bertz CT molecular complexity index is 2110. The van der Waals surface area contributed by atoms with Gasteiger partial charge < -0.3 is 5.32 Å². The molecule has 0 bridgehead atoms. The second-order valence-corrected chi connectivity index (χ2v) is 13.4. The van der Waals surface area contributed by atoms with E-state index in [1.54, 1.807) is 24.3 Å². The van der Waals surface area contributed by atoms with Crippen molar-refractivity contribution in [3.63, 3.8) is 0 Å². The zero-order valence-corrected chi connectivity index (χ0v) is 25.6. The van der Waals surface area contributed by atoms with Crippen LogP contribution in [0.25, 0.3) is 17.3 Å². The van der Waals surface area contributed by atoms with Crippen molar-refractivity contribution in [2.24, 2.45) is 0 Å². The number of piperidine rings is 1. The quantitative estimate of drug-likeness (QED) is 0.329. The summed E-state index contributed by atoms with van der Waals surface area (Å²) in [7, 11) is -3.84. The van der Waals surface area contributed by atoms with E-state index in [1.807, 2.05) is 13.0 Å². The van der Waals surface area contributed by atoms with E-state index in [1.165, 1.54) is 46.8 Å². The summed E-state index contributed by atoms with van der Waals surface area (Å²) in [5, 5.41) is 12.6. The van der Waals surface area contributed by atoms with Gasteiger partial charge in [0.05, 0.1) is 20.7 Å². The molecular formula is C32H27F3N4O4S2. The Hall–Kier alpha value is -4.51. The number of anilines is 1. The van der Waals surface area contributed by atoms with Crippen molar-refractivity contribution in [1.29, 1.82) is 5.26 Å². The number of alkyl halides is 3. The van der Waals surface area contributed by atoms with Gasteiger partial charge in [0.25, 0.3) is 11.5 Å². The molecule has 8 nitrogen and oxygen atoms in total. The molecule has 1 fully saturated rings. The lowest BCUT2D eigenvalue weighted by atomic mass is 10.1. The Morgan fingerprint density at radius 3 is 2.40 bits per heavy atom. The van der Waals surface area contributed by atoms with E-state index < -0.39 is 44.5 Å². The predicted molar refractivity (Wildman–Crippen MR) is 166 cm³/mol. The molecule has 13 heteroatoms. The second-order valence-electron chi connectivity index (χ2n) is 10.4. The van der Waals surface area contributed by atoms with E-state index in [0.29, 0.717) is 30.0 Å². The molecule has 3 aromatic carbocycles. The molecule has 45 heavy (non-hydrogen) atoms. The summed E-state index contributed by atoms with van der Waals surface area (Å²) in [5.74, 6) is -1.02. The van der Waals surface area contributed by atoms with Crippen molar-refractivity contribution >= 4 is 44.6 Å². The highest BCUT2D eigenvalue weighted by atomic mass is 32.2. The molecule has 1 N–H and O–H groups in total. The molecule has 1 aliphatic rings. The molecule has 5 rings (SSSR count). The van der Waals surface area contributed by atoms with Crippen molar-refractivity contribution in [3.8, 4) is 11.8 Å². The topological polar surface area (TPSA) is 112 Å². The maximum Gasteiger partial charge on any atom is 0.418 e. The minimum absolute atomic E-state index is 0.00255. The number of thiazole rings is 1. The number of rotatable bonds is 6. The summed E-state index contributed by atoms with van der Waals surface area (Å²) in [6, 6.07) is 18.8. The zero-order valence-electron chi connectivity index (χ0n) is 24.0. The standard InChI is InChI=1S/C32H27F3N4O4S2/c1-21-9-7-10-22(17-21)18-28-30(41)39(27-14-4-3-13-26(27)32(33,34)35)31(44-28)25(20-36)29(40)37-23-11-8-12-24(19-23)45(42,43)38-15-5-2-6-16-38/h3-4,7-14,17-19H,2,5-6,15-16H2,1H3,(H,37,40)/b28-18-,31-25-. The zero-order chi connectivity index (χ0) is 32.4. The number of para-hydroxylation sites is 1. The molecule has 0 atom stereocenters. The van der Waals surface area contributed by atoms with Gasteiger partial charge in [-0.25, -0.2) is 8.42 Å². The first-order valence-corrected chi connectivity index (χ1v) is 16.2. The van der Waals surface area contributed by atoms with Crippen LogP contribution < -0.4 is 20.1 Å². The molecule has 0 spiro atoms. The van der Waals surface area contributed by atoms with Gasteiger partial charge in [-0.3, -0.25) is 14.2 Å². The number of sulfonamides is 1. The number of hydrogen-bond donors (Lipinski definition) is 1. The van der Waals surface area contributed by atoms with Gasteiger partial charge in [-0.1, -0.05) is 54.4 Å². The number of amides is 1. The van der Waals surface area contributed by atoms with Gasteiger partial charge in [0.15, 0.2) is 5.57 Å². The Morgan fingerprint density at radius 2 is 1.71 bits per heavy atom. The van der Waals surface area contributed by atoms with Crippen molar-refractivity contribution in [1.82, 2.24) is 8.87 Å². The minimum atomic E-state index is -4.84. The second kappa shape index (κ2) is 12.8. The van der Waals surface area contributed by atoms with E-state index >= 15 is 0 Å². The van der Waals surface area contributed by atoms with Crippen LogP contribution in [0.3, 0.4) is 0 Å². The number of nitriles is 1. The highest BCUT2D eigenvalue weighted by molar-refractivity contribution is 7.89. The predicted octanol–water partition coefficient (Wildman–Crippen LogP) is 4.54. The highest BCUT2D eigenvalue weighted by Gasteiger charge is 2.35. The summed E-state index contributed by atoms with van der Waals surface area (Å²) in [4.78, 5) is 27.2. The Morgan fingerprint density at radius 1 is 1.00 bits per heavy atom. The summed E-state index contributed by atoms with van der Waals surface area (Å²) in [5.41, 5.74) is -1.59. The minimum Gasteiger partial charge on any atom is -0.321 e. The molecule has 1 aliphatic heterocycles. The molecule has 0 radical (unpaired) electrons. The van der Waals surface area contributed by atoms with Gasteiger partial charge in [0.1, 0.15) is 10.7 Å². The number of benzene rings is 3. The summed E-state index contributed by atoms with van der Waals surface area (Å²) >= 11 is 0.703. The molecule has 4 aromatic rings. The average Bonchev–Trinajstić information content (AvgIpc) is 3.32. The monoisotopic (exact) mass is 652 g/mol. The average molecular weight is 653 g/mol. The summed E-state index contributed by atoms with van der Waals surface area (Å²) < 4.78 is 70.4. The number of carbonyl (C=O) groups is 1. The molecule has 1 saturated heterocycles. The number of carbonyl (C=O) groups excluding carboxylic acids is 1. The van der Waals surface area contributed by atoms with E-state index in [4.69, 9.17) is 0 Å². The largest absolute Gasteiger partial charge is 0.418 e. The first-order valence-electron chi connectivity index (χ1n) is 13.9. The number of nitrogens with one attached hydrogen (secondary N) is 1. The lowest BCUT2D eigenvalue weighted by Gasteiger charge is -2.26.